The number of nitrogens with zero attached hydrogens (tertiary/aromatic N) is 1. The van der Waals surface area contributed by atoms with Crippen LogP contribution in [-0.4, -0.2) is 27.2 Å². The number of para-hydroxylation sites is 1. The summed E-state index contributed by atoms with van der Waals surface area (Å²) in [6.07, 6.45) is 0. The van der Waals surface area contributed by atoms with Crippen molar-refractivity contribution < 1.29 is 19.4 Å². The molecule has 0 aliphatic carbocycles. The fraction of sp³-hybridized carbons (Fsp3) is 0.200. The van der Waals surface area contributed by atoms with Crippen molar-refractivity contribution in [3.8, 4) is 5.75 Å². The maximum absolute atomic E-state index is 13.2. The summed E-state index contributed by atoms with van der Waals surface area (Å²) >= 11 is 3.36. The van der Waals surface area contributed by atoms with E-state index in [9.17, 15) is 14.7 Å². The van der Waals surface area contributed by atoms with E-state index in [0.29, 0.717) is 22.3 Å². The number of ether oxygens (including phenoxy) is 1. The highest BCUT2D eigenvalue weighted by molar-refractivity contribution is 9.10. The Balaban J connectivity index is 2.08. The molecule has 1 N–H and O–H groups in total. The van der Waals surface area contributed by atoms with Crippen molar-refractivity contribution in [2.45, 2.75) is 26.4 Å². The van der Waals surface area contributed by atoms with Crippen molar-refractivity contribution in [2.75, 3.05) is 0 Å². The molecule has 134 valence electrons. The van der Waals surface area contributed by atoms with Gasteiger partial charge in [-0.1, -0.05) is 34.1 Å². The van der Waals surface area contributed by atoms with E-state index in [1.165, 1.54) is 4.57 Å². The summed E-state index contributed by atoms with van der Waals surface area (Å²) in [5, 5.41) is 10.1. The molecule has 0 fully saturated rings. The minimum atomic E-state index is -1.18. The summed E-state index contributed by atoms with van der Waals surface area (Å²) in [6.45, 7) is 4.98. The van der Waals surface area contributed by atoms with E-state index >= 15 is 0 Å². The van der Waals surface area contributed by atoms with Gasteiger partial charge in [-0.15, -0.1) is 0 Å². The third-order valence-corrected chi connectivity index (χ3v) is 4.76. The number of aromatic carboxylic acids is 1. The number of carboxylic acid groups (broad SMARTS) is 1. The number of hydrogen-bond donors (Lipinski definition) is 1. The Morgan fingerprint density at radius 2 is 1.69 bits per heavy atom. The Bertz CT molecular complexity index is 1000. The van der Waals surface area contributed by atoms with Crippen LogP contribution in [0.5, 0.6) is 5.75 Å². The van der Waals surface area contributed by atoms with Crippen molar-refractivity contribution >= 4 is 38.7 Å². The van der Waals surface area contributed by atoms with Gasteiger partial charge in [0.05, 0.1) is 11.1 Å². The quantitative estimate of drug-likeness (QED) is 0.657. The minimum absolute atomic E-state index is 0.133. The number of rotatable bonds is 4. The summed E-state index contributed by atoms with van der Waals surface area (Å²) in [6, 6.07) is 14.2. The third kappa shape index (κ3) is 3.12. The van der Waals surface area contributed by atoms with Gasteiger partial charge in [-0.3, -0.25) is 9.36 Å². The topological polar surface area (TPSA) is 68.5 Å². The van der Waals surface area contributed by atoms with E-state index in [0.717, 1.165) is 4.47 Å². The molecule has 6 heteroatoms. The maximum atomic E-state index is 13.2. The van der Waals surface area contributed by atoms with Gasteiger partial charge >= 0.3 is 5.97 Å². The van der Waals surface area contributed by atoms with Gasteiger partial charge in [-0.05, 0) is 51.1 Å². The number of benzene rings is 2. The van der Waals surface area contributed by atoms with Crippen LogP contribution < -0.4 is 4.74 Å². The van der Waals surface area contributed by atoms with Crippen LogP contribution in [0.3, 0.4) is 0 Å². The zero-order valence-corrected chi connectivity index (χ0v) is 16.2. The first kappa shape index (κ1) is 18.2. The van der Waals surface area contributed by atoms with E-state index in [1.54, 1.807) is 57.2 Å². The van der Waals surface area contributed by atoms with Crippen LogP contribution in [0.1, 0.15) is 34.7 Å². The lowest BCUT2D eigenvalue weighted by atomic mass is 10.1. The first-order chi connectivity index (χ1) is 12.2. The molecule has 0 aliphatic heterocycles. The average Bonchev–Trinajstić information content (AvgIpc) is 2.88. The van der Waals surface area contributed by atoms with Gasteiger partial charge in [0.1, 0.15) is 5.75 Å². The van der Waals surface area contributed by atoms with Crippen molar-refractivity contribution in [1.82, 2.24) is 4.57 Å². The number of hydrogen-bond acceptors (Lipinski definition) is 3. The number of carbonyl (C=O) groups excluding carboxylic acids is 1. The maximum Gasteiger partial charge on any atom is 0.338 e. The van der Waals surface area contributed by atoms with Crippen molar-refractivity contribution in [2.24, 2.45) is 0 Å². The first-order valence-corrected chi connectivity index (χ1v) is 8.84. The fourth-order valence-corrected chi connectivity index (χ4v) is 3.27. The summed E-state index contributed by atoms with van der Waals surface area (Å²) in [5.74, 6) is -0.836. The van der Waals surface area contributed by atoms with E-state index < -0.39 is 11.6 Å². The van der Waals surface area contributed by atoms with Crippen LogP contribution in [0, 0.1) is 6.92 Å². The zero-order chi connectivity index (χ0) is 19.1. The van der Waals surface area contributed by atoms with Gasteiger partial charge < -0.3 is 9.84 Å². The van der Waals surface area contributed by atoms with E-state index in [1.807, 2.05) is 12.1 Å². The smallest absolute Gasteiger partial charge is 0.338 e. The number of carbonyl (C=O) groups is 2. The van der Waals surface area contributed by atoms with Gasteiger partial charge in [-0.25, -0.2) is 4.79 Å². The number of aromatic nitrogens is 1. The molecule has 0 radical (unpaired) electrons. The molecular weight excluding hydrogens is 398 g/mol. The molecule has 3 aromatic rings. The normalized spacial score (nSPS) is 11.5. The van der Waals surface area contributed by atoms with E-state index in [4.69, 9.17) is 4.74 Å². The molecule has 0 saturated carbocycles. The molecule has 0 saturated heterocycles. The highest BCUT2D eigenvalue weighted by Gasteiger charge is 2.35. The van der Waals surface area contributed by atoms with Crippen LogP contribution in [-0.2, 0) is 0 Å². The average molecular weight is 416 g/mol. The lowest BCUT2D eigenvalue weighted by Crippen LogP contribution is -2.42. The highest BCUT2D eigenvalue weighted by Crippen LogP contribution is 2.29. The zero-order valence-electron chi connectivity index (χ0n) is 14.6. The molecule has 0 aliphatic rings. The molecule has 0 bridgehead atoms. The first-order valence-electron chi connectivity index (χ1n) is 8.05. The number of halogens is 1. The van der Waals surface area contributed by atoms with Gasteiger partial charge in [0, 0.05) is 15.6 Å². The van der Waals surface area contributed by atoms with Gasteiger partial charge in [-0.2, -0.15) is 0 Å². The molecule has 0 unspecified atom stereocenters. The Morgan fingerprint density at radius 3 is 2.31 bits per heavy atom. The van der Waals surface area contributed by atoms with Crippen LogP contribution >= 0.6 is 15.9 Å². The highest BCUT2D eigenvalue weighted by atomic mass is 79.9. The Hall–Kier alpha value is -2.60. The van der Waals surface area contributed by atoms with Crippen LogP contribution in [0.25, 0.3) is 10.9 Å². The van der Waals surface area contributed by atoms with Gasteiger partial charge in [0.2, 0.25) is 0 Å². The van der Waals surface area contributed by atoms with Gasteiger partial charge in [0.25, 0.3) is 5.91 Å². The molecule has 1 aromatic heterocycles. The molecule has 3 rings (SSSR count). The van der Waals surface area contributed by atoms with Gasteiger partial charge in [0.15, 0.2) is 5.60 Å². The molecule has 0 amide bonds. The largest absolute Gasteiger partial charge is 0.478 e. The third-order valence-electron chi connectivity index (χ3n) is 4.23. The number of fused-ring (bicyclic) bond motifs is 1. The van der Waals surface area contributed by atoms with Crippen molar-refractivity contribution in [3.63, 3.8) is 0 Å². The lowest BCUT2D eigenvalue weighted by molar-refractivity contribution is 0.0491. The SMILES string of the molecule is Cc1c(C(=O)O)c2ccccc2n1C(=O)C(C)(C)Oc1ccc(Br)cc1. The second-order valence-corrected chi connectivity index (χ2v) is 7.41. The van der Waals surface area contributed by atoms with Crippen molar-refractivity contribution in [3.05, 3.63) is 64.3 Å². The van der Waals surface area contributed by atoms with E-state index in [2.05, 4.69) is 15.9 Å². The summed E-state index contributed by atoms with van der Waals surface area (Å²) < 4.78 is 8.25. The lowest BCUT2D eigenvalue weighted by Gasteiger charge is -2.26. The van der Waals surface area contributed by atoms with Crippen LogP contribution in [0.2, 0.25) is 0 Å². The molecule has 1 heterocycles. The minimum Gasteiger partial charge on any atom is -0.478 e. The van der Waals surface area contributed by atoms with Crippen LogP contribution in [0.15, 0.2) is 53.0 Å². The monoisotopic (exact) mass is 415 g/mol. The van der Waals surface area contributed by atoms with Crippen LogP contribution in [0.4, 0.5) is 0 Å². The standard InChI is InChI=1S/C20H18BrNO4/c1-12-17(18(23)24)15-6-4-5-7-16(15)22(12)19(25)20(2,3)26-14-10-8-13(21)9-11-14/h4-11H,1-3H3,(H,23,24). The second-order valence-electron chi connectivity index (χ2n) is 6.49. The summed E-state index contributed by atoms with van der Waals surface area (Å²) in [7, 11) is 0. The Morgan fingerprint density at radius 1 is 1.08 bits per heavy atom. The fourth-order valence-electron chi connectivity index (χ4n) is 3.01. The Kier molecular flexibility index (Phi) is 4.63. The Labute approximate surface area is 159 Å². The van der Waals surface area contributed by atoms with E-state index in [-0.39, 0.29) is 11.5 Å². The summed E-state index contributed by atoms with van der Waals surface area (Å²) in [5.41, 5.74) is -0.111. The molecule has 0 spiro atoms. The predicted molar refractivity (Wildman–Crippen MR) is 103 cm³/mol. The molecule has 26 heavy (non-hydrogen) atoms. The molecule has 2 aromatic carbocycles. The predicted octanol–water partition coefficient (Wildman–Crippen LogP) is 4.91. The second kappa shape index (κ2) is 6.61. The number of carboxylic acids is 1. The van der Waals surface area contributed by atoms with Crippen molar-refractivity contribution in [1.29, 1.82) is 0 Å². The molecular formula is C20H18BrNO4. The molecule has 0 atom stereocenters. The molecule has 5 nitrogen and oxygen atoms in total. The summed E-state index contributed by atoms with van der Waals surface area (Å²) in [4.78, 5) is 24.9.